The van der Waals surface area contributed by atoms with E-state index in [1.165, 1.54) is 0 Å². The average molecular weight is 353 g/mol. The first kappa shape index (κ1) is 17.9. The Balaban J connectivity index is 1.94. The first-order chi connectivity index (χ1) is 12.4. The van der Waals surface area contributed by atoms with Crippen molar-refractivity contribution in [3.63, 3.8) is 0 Å². The van der Waals surface area contributed by atoms with Crippen LogP contribution >= 0.6 is 0 Å². The minimum absolute atomic E-state index is 0.00672. The van der Waals surface area contributed by atoms with E-state index >= 15 is 0 Å². The maximum absolute atomic E-state index is 13.1. The highest BCUT2D eigenvalue weighted by molar-refractivity contribution is 6.07. The zero-order valence-electron chi connectivity index (χ0n) is 15.5. The predicted molar refractivity (Wildman–Crippen MR) is 99.0 cm³/mol. The summed E-state index contributed by atoms with van der Waals surface area (Å²) in [5.74, 6) is 0.611. The van der Waals surface area contributed by atoms with Gasteiger partial charge in [0.2, 0.25) is 5.91 Å². The molecule has 6 heteroatoms. The molecule has 0 N–H and O–H groups in total. The van der Waals surface area contributed by atoms with Crippen LogP contribution < -0.4 is 0 Å². The third kappa shape index (κ3) is 3.27. The molecule has 0 saturated carbocycles. The summed E-state index contributed by atoms with van der Waals surface area (Å²) in [6, 6.07) is 9.12. The Hall–Kier alpha value is -2.89. The van der Waals surface area contributed by atoms with E-state index in [4.69, 9.17) is 4.52 Å². The van der Waals surface area contributed by atoms with Crippen LogP contribution in [0.2, 0.25) is 0 Å². The van der Waals surface area contributed by atoms with Crippen LogP contribution in [0.3, 0.4) is 0 Å². The summed E-state index contributed by atoms with van der Waals surface area (Å²) in [5.41, 5.74) is 2.32. The van der Waals surface area contributed by atoms with Gasteiger partial charge in [-0.15, -0.1) is 0 Å². The van der Waals surface area contributed by atoms with Gasteiger partial charge in [-0.2, -0.15) is 0 Å². The molecule has 1 amide bonds. The summed E-state index contributed by atoms with van der Waals surface area (Å²) in [7, 11) is 1.75. The highest BCUT2D eigenvalue weighted by atomic mass is 16.5. The van der Waals surface area contributed by atoms with E-state index in [1.54, 1.807) is 25.1 Å². The fourth-order valence-corrected chi connectivity index (χ4v) is 3.29. The average Bonchev–Trinajstić information content (AvgIpc) is 3.19. The SMILES string of the molecule is CC[C@@H](C(=O)N(C)Cc1cc(C)no1)n1cc(C(C)=O)c2ccccc21. The lowest BCUT2D eigenvalue weighted by Gasteiger charge is -2.24. The van der Waals surface area contributed by atoms with Crippen LogP contribution in [0, 0.1) is 6.92 Å². The lowest BCUT2D eigenvalue weighted by Crippen LogP contribution is -2.33. The maximum atomic E-state index is 13.1. The number of aromatic nitrogens is 2. The lowest BCUT2D eigenvalue weighted by atomic mass is 10.1. The van der Waals surface area contributed by atoms with Crippen LogP contribution in [0.1, 0.15) is 48.1 Å². The molecule has 2 heterocycles. The van der Waals surface area contributed by atoms with Crippen LogP contribution in [-0.4, -0.2) is 33.4 Å². The summed E-state index contributed by atoms with van der Waals surface area (Å²) in [5, 5.41) is 4.73. The summed E-state index contributed by atoms with van der Waals surface area (Å²) in [6.07, 6.45) is 2.42. The van der Waals surface area contributed by atoms with Gasteiger partial charge in [0.05, 0.1) is 12.2 Å². The normalized spacial score (nSPS) is 12.3. The molecule has 1 aromatic carbocycles. The Labute approximate surface area is 152 Å². The number of rotatable bonds is 6. The van der Waals surface area contributed by atoms with E-state index in [1.807, 2.05) is 48.7 Å². The van der Waals surface area contributed by atoms with Crippen LogP contribution in [0.25, 0.3) is 10.9 Å². The van der Waals surface area contributed by atoms with Gasteiger partial charge in [0.25, 0.3) is 0 Å². The number of likely N-dealkylation sites (N-methyl/N-ethyl adjacent to an activating group) is 1. The van der Waals surface area contributed by atoms with Gasteiger partial charge >= 0.3 is 0 Å². The van der Waals surface area contributed by atoms with Crippen molar-refractivity contribution in [3.05, 3.63) is 53.5 Å². The van der Waals surface area contributed by atoms with Gasteiger partial charge in [-0.1, -0.05) is 30.3 Å². The van der Waals surface area contributed by atoms with Crippen LogP contribution in [0.4, 0.5) is 0 Å². The molecular weight excluding hydrogens is 330 g/mol. The summed E-state index contributed by atoms with van der Waals surface area (Å²) in [6.45, 7) is 5.72. The molecule has 0 radical (unpaired) electrons. The molecule has 3 aromatic rings. The second-order valence-electron chi connectivity index (χ2n) is 6.58. The van der Waals surface area contributed by atoms with Gasteiger partial charge in [-0.3, -0.25) is 9.59 Å². The maximum Gasteiger partial charge on any atom is 0.245 e. The van der Waals surface area contributed by atoms with Crippen molar-refractivity contribution in [2.75, 3.05) is 7.05 Å². The number of hydrogen-bond donors (Lipinski definition) is 0. The number of hydrogen-bond acceptors (Lipinski definition) is 4. The molecule has 0 unspecified atom stereocenters. The van der Waals surface area contributed by atoms with Gasteiger partial charge in [-0.25, -0.2) is 0 Å². The monoisotopic (exact) mass is 353 g/mol. The highest BCUT2D eigenvalue weighted by Crippen LogP contribution is 2.28. The number of Topliss-reactive ketones (excluding diaryl/α,β-unsaturated/α-hetero) is 1. The fraction of sp³-hybridized carbons (Fsp3) is 0.350. The minimum atomic E-state index is -0.387. The molecule has 26 heavy (non-hydrogen) atoms. The summed E-state index contributed by atoms with van der Waals surface area (Å²) >= 11 is 0. The van der Waals surface area contributed by atoms with Crippen molar-refractivity contribution in [1.29, 1.82) is 0 Å². The summed E-state index contributed by atoms with van der Waals surface area (Å²) < 4.78 is 7.13. The van der Waals surface area contributed by atoms with Crippen molar-refractivity contribution < 1.29 is 14.1 Å². The zero-order chi connectivity index (χ0) is 18.8. The minimum Gasteiger partial charge on any atom is -0.359 e. The number of benzene rings is 1. The van der Waals surface area contributed by atoms with E-state index in [0.717, 1.165) is 16.6 Å². The summed E-state index contributed by atoms with van der Waals surface area (Å²) in [4.78, 5) is 26.7. The number of fused-ring (bicyclic) bond motifs is 1. The molecule has 0 spiro atoms. The number of ketones is 1. The van der Waals surface area contributed by atoms with E-state index in [0.29, 0.717) is 24.3 Å². The van der Waals surface area contributed by atoms with Gasteiger partial charge in [0.15, 0.2) is 11.5 Å². The van der Waals surface area contributed by atoms with Gasteiger partial charge in [-0.05, 0) is 26.3 Å². The first-order valence-electron chi connectivity index (χ1n) is 8.70. The Morgan fingerprint density at radius 3 is 2.65 bits per heavy atom. The van der Waals surface area contributed by atoms with E-state index in [2.05, 4.69) is 5.16 Å². The molecule has 3 rings (SSSR count). The predicted octanol–water partition coefficient (Wildman–Crippen LogP) is 3.75. The molecule has 0 saturated heterocycles. The highest BCUT2D eigenvalue weighted by Gasteiger charge is 2.25. The molecule has 6 nitrogen and oxygen atoms in total. The standard InChI is InChI=1S/C20H23N3O3/c1-5-18(20(25)22(4)11-15-10-13(2)21-26-15)23-12-17(14(3)24)16-8-6-7-9-19(16)23/h6-10,12,18H,5,11H2,1-4H3/t18-/m0/s1. The number of nitrogens with zero attached hydrogens (tertiary/aromatic N) is 3. The molecule has 136 valence electrons. The van der Waals surface area contributed by atoms with E-state index < -0.39 is 0 Å². The Morgan fingerprint density at radius 2 is 2.04 bits per heavy atom. The zero-order valence-corrected chi connectivity index (χ0v) is 15.5. The quantitative estimate of drug-likeness (QED) is 0.633. The Bertz CT molecular complexity index is 954. The van der Waals surface area contributed by atoms with Gasteiger partial charge in [0, 0.05) is 35.8 Å². The van der Waals surface area contributed by atoms with Crippen molar-refractivity contribution in [3.8, 4) is 0 Å². The molecule has 1 atom stereocenters. The fourth-order valence-electron chi connectivity index (χ4n) is 3.29. The largest absolute Gasteiger partial charge is 0.359 e. The van der Waals surface area contributed by atoms with Crippen LogP contribution in [-0.2, 0) is 11.3 Å². The third-order valence-electron chi connectivity index (χ3n) is 4.57. The second kappa shape index (κ2) is 7.15. The third-order valence-corrected chi connectivity index (χ3v) is 4.57. The van der Waals surface area contributed by atoms with Crippen LogP contribution in [0.15, 0.2) is 41.1 Å². The molecule has 0 aliphatic heterocycles. The molecule has 2 aromatic heterocycles. The Morgan fingerprint density at radius 1 is 1.31 bits per heavy atom. The second-order valence-corrected chi connectivity index (χ2v) is 6.58. The van der Waals surface area contributed by atoms with Gasteiger partial charge in [0.1, 0.15) is 6.04 Å². The molecular formula is C20H23N3O3. The van der Waals surface area contributed by atoms with Crippen molar-refractivity contribution >= 4 is 22.6 Å². The molecule has 0 bridgehead atoms. The Kier molecular flexibility index (Phi) is 4.93. The van der Waals surface area contributed by atoms with Crippen LogP contribution in [0.5, 0.6) is 0 Å². The number of carbonyl (C=O) groups excluding carboxylic acids is 2. The molecule has 0 aliphatic rings. The van der Waals surface area contributed by atoms with E-state index in [-0.39, 0.29) is 17.7 Å². The lowest BCUT2D eigenvalue weighted by molar-refractivity contribution is -0.134. The first-order valence-corrected chi connectivity index (χ1v) is 8.70. The number of carbonyl (C=O) groups is 2. The topological polar surface area (TPSA) is 68.3 Å². The molecule has 0 fully saturated rings. The number of amides is 1. The molecule has 0 aliphatic carbocycles. The van der Waals surface area contributed by atoms with E-state index in [9.17, 15) is 9.59 Å². The van der Waals surface area contributed by atoms with Crippen molar-refractivity contribution in [1.82, 2.24) is 14.6 Å². The van der Waals surface area contributed by atoms with Gasteiger partial charge < -0.3 is 14.0 Å². The van der Waals surface area contributed by atoms with Crippen molar-refractivity contribution in [2.24, 2.45) is 0 Å². The smallest absolute Gasteiger partial charge is 0.245 e. The number of aryl methyl sites for hydroxylation is 1. The number of para-hydroxylation sites is 1. The van der Waals surface area contributed by atoms with Crippen molar-refractivity contribution in [2.45, 2.75) is 39.8 Å².